The topological polar surface area (TPSA) is 26.3 Å². The highest BCUT2D eigenvalue weighted by Crippen LogP contribution is 2.42. The molecule has 1 aliphatic heterocycles. The highest BCUT2D eigenvalue weighted by atomic mass is 16.5. The van der Waals surface area contributed by atoms with Gasteiger partial charge in [-0.15, -0.1) is 0 Å². The molecule has 1 heterocycles. The molecule has 0 aromatic heterocycles. The summed E-state index contributed by atoms with van der Waals surface area (Å²) < 4.78 is 5.90. The number of hydrogen-bond acceptors (Lipinski definition) is 2. The molecule has 0 aromatic rings. The summed E-state index contributed by atoms with van der Waals surface area (Å²) in [4.78, 5) is 11.5. The molecule has 2 fully saturated rings. The van der Waals surface area contributed by atoms with Crippen molar-refractivity contribution in [2.75, 3.05) is 6.61 Å². The van der Waals surface area contributed by atoms with Crippen molar-refractivity contribution >= 4 is 5.78 Å². The summed E-state index contributed by atoms with van der Waals surface area (Å²) in [6.07, 6.45) is 4.76. The van der Waals surface area contributed by atoms with Gasteiger partial charge < -0.3 is 4.74 Å². The number of ketones is 1. The van der Waals surface area contributed by atoms with E-state index in [1.807, 2.05) is 0 Å². The van der Waals surface area contributed by atoms with Crippen molar-refractivity contribution in [3.8, 4) is 0 Å². The number of ether oxygens (including phenoxy) is 1. The molecule has 2 nitrogen and oxygen atoms in total. The lowest BCUT2D eigenvalue weighted by Gasteiger charge is -2.44. The lowest BCUT2D eigenvalue weighted by atomic mass is 9.71. The minimum atomic E-state index is -0.0770. The molecule has 0 aromatic carbocycles. The Morgan fingerprint density at radius 1 is 1.29 bits per heavy atom. The monoisotopic (exact) mass is 196 g/mol. The Balaban J connectivity index is 2.09. The predicted molar refractivity (Wildman–Crippen MR) is 55.1 cm³/mol. The molecule has 1 spiro atoms. The van der Waals surface area contributed by atoms with Gasteiger partial charge in [0.2, 0.25) is 0 Å². The number of rotatable bonds is 0. The second-order valence-corrected chi connectivity index (χ2v) is 5.35. The quantitative estimate of drug-likeness (QED) is 0.595. The Hall–Kier alpha value is -0.370. The van der Waals surface area contributed by atoms with Gasteiger partial charge >= 0.3 is 0 Å². The first kappa shape index (κ1) is 10.2. The van der Waals surface area contributed by atoms with Crippen LogP contribution in [0.25, 0.3) is 0 Å². The molecule has 0 bridgehead atoms. The third kappa shape index (κ3) is 2.00. The van der Waals surface area contributed by atoms with E-state index < -0.39 is 0 Å². The fourth-order valence-corrected chi connectivity index (χ4v) is 3.35. The van der Waals surface area contributed by atoms with E-state index in [9.17, 15) is 4.79 Å². The van der Waals surface area contributed by atoms with Crippen LogP contribution in [0.4, 0.5) is 0 Å². The zero-order valence-corrected chi connectivity index (χ0v) is 9.21. The molecule has 1 aliphatic carbocycles. The summed E-state index contributed by atoms with van der Waals surface area (Å²) in [6.45, 7) is 5.21. The SMILES string of the molecule is CC1CC(C)CC2(CC(=O)CCO2)C1. The van der Waals surface area contributed by atoms with Crippen molar-refractivity contribution in [1.82, 2.24) is 0 Å². The minimum absolute atomic E-state index is 0.0770. The van der Waals surface area contributed by atoms with Gasteiger partial charge in [-0.25, -0.2) is 0 Å². The van der Waals surface area contributed by atoms with Gasteiger partial charge in [0.25, 0.3) is 0 Å². The first-order valence-corrected chi connectivity index (χ1v) is 5.75. The van der Waals surface area contributed by atoms with E-state index in [2.05, 4.69) is 13.8 Å². The summed E-state index contributed by atoms with van der Waals surface area (Å²) in [6, 6.07) is 0. The number of hydrogen-bond donors (Lipinski definition) is 0. The molecule has 80 valence electrons. The van der Waals surface area contributed by atoms with E-state index >= 15 is 0 Å². The van der Waals surface area contributed by atoms with Gasteiger partial charge in [0.15, 0.2) is 0 Å². The van der Waals surface area contributed by atoms with Crippen molar-refractivity contribution in [2.24, 2.45) is 11.8 Å². The van der Waals surface area contributed by atoms with Crippen LogP contribution in [0.1, 0.15) is 46.0 Å². The minimum Gasteiger partial charge on any atom is -0.374 e. The average Bonchev–Trinajstić information content (AvgIpc) is 1.99. The first-order chi connectivity index (χ1) is 6.60. The van der Waals surface area contributed by atoms with E-state index in [1.165, 1.54) is 6.42 Å². The fourth-order valence-electron chi connectivity index (χ4n) is 3.35. The van der Waals surface area contributed by atoms with E-state index in [4.69, 9.17) is 4.74 Å². The molecular weight excluding hydrogens is 176 g/mol. The van der Waals surface area contributed by atoms with Crippen LogP contribution >= 0.6 is 0 Å². The molecule has 2 aliphatic rings. The highest BCUT2D eigenvalue weighted by molar-refractivity contribution is 5.80. The molecule has 1 saturated heterocycles. The van der Waals surface area contributed by atoms with Gasteiger partial charge in [-0.1, -0.05) is 13.8 Å². The summed E-state index contributed by atoms with van der Waals surface area (Å²) in [7, 11) is 0. The molecule has 1 saturated carbocycles. The summed E-state index contributed by atoms with van der Waals surface area (Å²) in [5.74, 6) is 1.83. The van der Waals surface area contributed by atoms with Gasteiger partial charge in [0.05, 0.1) is 12.2 Å². The Bertz CT molecular complexity index is 224. The maximum Gasteiger partial charge on any atom is 0.138 e. The molecule has 2 unspecified atom stereocenters. The van der Waals surface area contributed by atoms with Gasteiger partial charge in [-0.2, -0.15) is 0 Å². The van der Waals surface area contributed by atoms with Crippen LogP contribution in [0, 0.1) is 11.8 Å². The van der Waals surface area contributed by atoms with Crippen molar-refractivity contribution in [1.29, 1.82) is 0 Å². The first-order valence-electron chi connectivity index (χ1n) is 5.75. The molecule has 2 heteroatoms. The van der Waals surface area contributed by atoms with E-state index in [0.717, 1.165) is 12.8 Å². The molecule has 14 heavy (non-hydrogen) atoms. The standard InChI is InChI=1S/C12H20O2/c1-9-5-10(2)7-12(6-9)8-11(13)3-4-14-12/h9-10H,3-8H2,1-2H3. The van der Waals surface area contributed by atoms with Crippen molar-refractivity contribution in [2.45, 2.75) is 51.6 Å². The summed E-state index contributed by atoms with van der Waals surface area (Å²) in [5.41, 5.74) is -0.0770. The largest absolute Gasteiger partial charge is 0.374 e. The van der Waals surface area contributed by atoms with Crippen LogP contribution in [0.2, 0.25) is 0 Å². The van der Waals surface area contributed by atoms with Crippen molar-refractivity contribution in [3.05, 3.63) is 0 Å². The lowest BCUT2D eigenvalue weighted by Crippen LogP contribution is -2.45. The molecule has 2 rings (SSSR count). The van der Waals surface area contributed by atoms with Crippen LogP contribution in [-0.2, 0) is 9.53 Å². The Labute approximate surface area is 86.0 Å². The summed E-state index contributed by atoms with van der Waals surface area (Å²) in [5, 5.41) is 0. The fraction of sp³-hybridized carbons (Fsp3) is 0.917. The van der Waals surface area contributed by atoms with Crippen LogP contribution < -0.4 is 0 Å². The van der Waals surface area contributed by atoms with Crippen molar-refractivity contribution < 1.29 is 9.53 Å². The van der Waals surface area contributed by atoms with Gasteiger partial charge in [0.1, 0.15) is 5.78 Å². The third-order valence-electron chi connectivity index (χ3n) is 3.55. The lowest BCUT2D eigenvalue weighted by molar-refractivity contribution is -0.150. The maximum absolute atomic E-state index is 11.5. The third-order valence-corrected chi connectivity index (χ3v) is 3.55. The maximum atomic E-state index is 11.5. The van der Waals surface area contributed by atoms with Gasteiger partial charge in [0, 0.05) is 12.8 Å². The van der Waals surface area contributed by atoms with E-state index in [0.29, 0.717) is 37.1 Å². The van der Waals surface area contributed by atoms with Crippen LogP contribution in [-0.4, -0.2) is 18.0 Å². The van der Waals surface area contributed by atoms with Gasteiger partial charge in [-0.05, 0) is 31.1 Å². The zero-order valence-electron chi connectivity index (χ0n) is 9.21. The second-order valence-electron chi connectivity index (χ2n) is 5.35. The van der Waals surface area contributed by atoms with E-state index in [-0.39, 0.29) is 5.60 Å². The summed E-state index contributed by atoms with van der Waals surface area (Å²) >= 11 is 0. The second kappa shape index (κ2) is 3.65. The van der Waals surface area contributed by atoms with Crippen LogP contribution in [0.3, 0.4) is 0 Å². The zero-order chi connectivity index (χ0) is 10.2. The molecule has 0 N–H and O–H groups in total. The smallest absolute Gasteiger partial charge is 0.138 e. The number of Topliss-reactive ketones (excluding diaryl/α,β-unsaturated/α-hetero) is 1. The normalized spacial score (nSPS) is 44.3. The van der Waals surface area contributed by atoms with Crippen LogP contribution in [0.5, 0.6) is 0 Å². The predicted octanol–water partition coefficient (Wildman–Crippen LogP) is 2.56. The number of carbonyl (C=O) groups excluding carboxylic acids is 1. The molecule has 0 amide bonds. The molecule has 2 atom stereocenters. The highest BCUT2D eigenvalue weighted by Gasteiger charge is 2.42. The van der Waals surface area contributed by atoms with E-state index in [1.54, 1.807) is 0 Å². The number of carbonyl (C=O) groups is 1. The average molecular weight is 196 g/mol. The molecular formula is C12H20O2. The van der Waals surface area contributed by atoms with Crippen LogP contribution in [0.15, 0.2) is 0 Å². The Kier molecular flexibility index (Phi) is 2.65. The van der Waals surface area contributed by atoms with Crippen molar-refractivity contribution in [3.63, 3.8) is 0 Å². The Morgan fingerprint density at radius 2 is 1.93 bits per heavy atom. The van der Waals surface area contributed by atoms with Gasteiger partial charge in [-0.3, -0.25) is 4.79 Å². The molecule has 0 radical (unpaired) electrons. The Morgan fingerprint density at radius 3 is 2.50 bits per heavy atom.